The van der Waals surface area contributed by atoms with Gasteiger partial charge in [-0.2, -0.15) is 0 Å². The SMILES string of the molecule is CCOC(=O)C1CCCN(C(=O)CC2C(=O)Nc3ccccc32)C1. The molecule has 0 bridgehead atoms. The van der Waals surface area contributed by atoms with Crippen LogP contribution in [0.3, 0.4) is 0 Å². The largest absolute Gasteiger partial charge is 0.466 e. The predicted molar refractivity (Wildman–Crippen MR) is 88.4 cm³/mol. The molecule has 24 heavy (non-hydrogen) atoms. The standard InChI is InChI=1S/C18H22N2O4/c1-2-24-18(23)12-6-5-9-20(11-12)16(21)10-14-13-7-3-4-8-15(13)19-17(14)22/h3-4,7-8,12,14H,2,5-6,9-11H2,1H3,(H,19,22). The molecular formula is C18H22N2O4. The Labute approximate surface area is 141 Å². The first-order valence-corrected chi connectivity index (χ1v) is 8.44. The van der Waals surface area contributed by atoms with E-state index in [-0.39, 0.29) is 30.1 Å². The molecule has 0 aliphatic carbocycles. The van der Waals surface area contributed by atoms with Gasteiger partial charge in [-0.25, -0.2) is 0 Å². The number of amides is 2. The number of hydrogen-bond acceptors (Lipinski definition) is 4. The molecule has 2 aliphatic rings. The number of carbonyl (C=O) groups excluding carboxylic acids is 3. The molecule has 3 rings (SSSR count). The second-order valence-corrected chi connectivity index (χ2v) is 6.26. The third-order valence-corrected chi connectivity index (χ3v) is 4.68. The van der Waals surface area contributed by atoms with E-state index in [2.05, 4.69) is 5.32 Å². The molecule has 1 saturated heterocycles. The predicted octanol–water partition coefficient (Wildman–Crippen LogP) is 1.91. The number of benzene rings is 1. The summed E-state index contributed by atoms with van der Waals surface area (Å²) >= 11 is 0. The van der Waals surface area contributed by atoms with Crippen LogP contribution in [0.5, 0.6) is 0 Å². The van der Waals surface area contributed by atoms with Gasteiger partial charge in [0.1, 0.15) is 0 Å². The van der Waals surface area contributed by atoms with E-state index in [1.807, 2.05) is 24.3 Å². The number of fused-ring (bicyclic) bond motifs is 1. The molecule has 6 nitrogen and oxygen atoms in total. The van der Waals surface area contributed by atoms with Crippen molar-refractivity contribution in [3.05, 3.63) is 29.8 Å². The fourth-order valence-electron chi connectivity index (χ4n) is 3.44. The highest BCUT2D eigenvalue weighted by Gasteiger charge is 2.35. The minimum absolute atomic E-state index is 0.0825. The molecular weight excluding hydrogens is 308 g/mol. The van der Waals surface area contributed by atoms with Crippen molar-refractivity contribution in [2.45, 2.75) is 32.1 Å². The molecule has 2 atom stereocenters. The summed E-state index contributed by atoms with van der Waals surface area (Å²) in [6, 6.07) is 7.45. The summed E-state index contributed by atoms with van der Waals surface area (Å²) < 4.78 is 5.07. The summed E-state index contributed by atoms with van der Waals surface area (Å²) in [5.74, 6) is -1.16. The fourth-order valence-corrected chi connectivity index (χ4v) is 3.44. The lowest BCUT2D eigenvalue weighted by Crippen LogP contribution is -2.43. The number of hydrogen-bond donors (Lipinski definition) is 1. The Morgan fingerprint density at radius 2 is 2.12 bits per heavy atom. The first kappa shape index (κ1) is 16.5. The molecule has 0 spiro atoms. The molecule has 2 heterocycles. The number of para-hydroxylation sites is 1. The number of carbonyl (C=O) groups is 3. The van der Waals surface area contributed by atoms with Crippen molar-refractivity contribution >= 4 is 23.5 Å². The zero-order valence-electron chi connectivity index (χ0n) is 13.8. The Morgan fingerprint density at radius 3 is 2.92 bits per heavy atom. The molecule has 2 unspecified atom stereocenters. The van der Waals surface area contributed by atoms with Gasteiger partial charge in [-0.1, -0.05) is 18.2 Å². The van der Waals surface area contributed by atoms with E-state index in [9.17, 15) is 14.4 Å². The maximum atomic E-state index is 12.6. The van der Waals surface area contributed by atoms with Crippen molar-refractivity contribution in [1.29, 1.82) is 0 Å². The van der Waals surface area contributed by atoms with Crippen molar-refractivity contribution in [3.8, 4) is 0 Å². The summed E-state index contributed by atoms with van der Waals surface area (Å²) in [5, 5.41) is 2.82. The van der Waals surface area contributed by atoms with Crippen LogP contribution >= 0.6 is 0 Å². The third kappa shape index (κ3) is 3.27. The van der Waals surface area contributed by atoms with Crippen molar-refractivity contribution in [2.24, 2.45) is 5.92 Å². The quantitative estimate of drug-likeness (QED) is 0.856. The highest BCUT2D eigenvalue weighted by atomic mass is 16.5. The molecule has 0 radical (unpaired) electrons. The molecule has 2 aliphatic heterocycles. The second-order valence-electron chi connectivity index (χ2n) is 6.26. The van der Waals surface area contributed by atoms with Gasteiger partial charge >= 0.3 is 5.97 Å². The number of rotatable bonds is 4. The Kier molecular flexibility index (Phi) is 4.83. The molecule has 128 valence electrons. The van der Waals surface area contributed by atoms with Gasteiger partial charge in [0.15, 0.2) is 0 Å². The van der Waals surface area contributed by atoms with Gasteiger partial charge in [-0.05, 0) is 31.4 Å². The normalized spacial score (nSPS) is 22.7. The Morgan fingerprint density at radius 1 is 1.33 bits per heavy atom. The summed E-state index contributed by atoms with van der Waals surface area (Å²) in [5.41, 5.74) is 1.65. The lowest BCUT2D eigenvalue weighted by molar-refractivity contribution is -0.151. The molecule has 6 heteroatoms. The highest BCUT2D eigenvalue weighted by molar-refractivity contribution is 6.04. The molecule has 2 amide bonds. The highest BCUT2D eigenvalue weighted by Crippen LogP contribution is 2.35. The van der Waals surface area contributed by atoms with Crippen molar-refractivity contribution in [3.63, 3.8) is 0 Å². The van der Waals surface area contributed by atoms with Gasteiger partial charge in [0, 0.05) is 25.2 Å². The molecule has 1 N–H and O–H groups in total. The monoisotopic (exact) mass is 330 g/mol. The minimum atomic E-state index is -0.448. The number of nitrogens with one attached hydrogen (secondary N) is 1. The summed E-state index contributed by atoms with van der Waals surface area (Å²) in [6.07, 6.45) is 1.66. The van der Waals surface area contributed by atoms with Crippen LogP contribution in [0.1, 0.15) is 37.7 Å². The maximum absolute atomic E-state index is 12.6. The number of piperidine rings is 1. The van der Waals surface area contributed by atoms with E-state index in [4.69, 9.17) is 4.74 Å². The van der Waals surface area contributed by atoms with Crippen LogP contribution in [0.4, 0.5) is 5.69 Å². The zero-order chi connectivity index (χ0) is 17.1. The van der Waals surface area contributed by atoms with Crippen LogP contribution in [0.2, 0.25) is 0 Å². The number of anilines is 1. The number of ether oxygens (including phenoxy) is 1. The van der Waals surface area contributed by atoms with Gasteiger partial charge < -0.3 is 15.0 Å². The fraction of sp³-hybridized carbons (Fsp3) is 0.500. The molecule has 1 fully saturated rings. The third-order valence-electron chi connectivity index (χ3n) is 4.68. The lowest BCUT2D eigenvalue weighted by atomic mass is 9.94. The van der Waals surface area contributed by atoms with Crippen LogP contribution in [0.25, 0.3) is 0 Å². The summed E-state index contributed by atoms with van der Waals surface area (Å²) in [6.45, 7) is 3.14. The summed E-state index contributed by atoms with van der Waals surface area (Å²) in [7, 11) is 0. The molecule has 1 aromatic carbocycles. The minimum Gasteiger partial charge on any atom is -0.466 e. The second kappa shape index (κ2) is 7.03. The number of nitrogens with zero attached hydrogens (tertiary/aromatic N) is 1. The van der Waals surface area contributed by atoms with Crippen LogP contribution in [0.15, 0.2) is 24.3 Å². The Balaban J connectivity index is 1.65. The molecule has 0 aromatic heterocycles. The smallest absolute Gasteiger partial charge is 0.310 e. The van der Waals surface area contributed by atoms with Crippen LogP contribution in [-0.2, 0) is 19.1 Å². The molecule has 1 aromatic rings. The summed E-state index contributed by atoms with van der Waals surface area (Å²) in [4.78, 5) is 38.4. The lowest BCUT2D eigenvalue weighted by Gasteiger charge is -2.32. The van der Waals surface area contributed by atoms with Crippen LogP contribution in [0, 0.1) is 5.92 Å². The van der Waals surface area contributed by atoms with Gasteiger partial charge in [0.2, 0.25) is 11.8 Å². The van der Waals surface area contributed by atoms with E-state index in [0.29, 0.717) is 19.7 Å². The van der Waals surface area contributed by atoms with Crippen molar-refractivity contribution in [2.75, 3.05) is 25.0 Å². The average molecular weight is 330 g/mol. The van der Waals surface area contributed by atoms with Crippen LogP contribution in [-0.4, -0.2) is 42.4 Å². The van der Waals surface area contributed by atoms with Gasteiger partial charge in [0.05, 0.1) is 18.4 Å². The Bertz CT molecular complexity index is 658. The van der Waals surface area contributed by atoms with E-state index in [1.54, 1.807) is 11.8 Å². The van der Waals surface area contributed by atoms with Crippen molar-refractivity contribution in [1.82, 2.24) is 4.90 Å². The zero-order valence-corrected chi connectivity index (χ0v) is 13.8. The van der Waals surface area contributed by atoms with E-state index in [0.717, 1.165) is 24.1 Å². The first-order valence-electron chi connectivity index (χ1n) is 8.44. The number of esters is 1. The van der Waals surface area contributed by atoms with Gasteiger partial charge in [0.25, 0.3) is 0 Å². The van der Waals surface area contributed by atoms with Crippen molar-refractivity contribution < 1.29 is 19.1 Å². The average Bonchev–Trinajstić information content (AvgIpc) is 2.91. The topological polar surface area (TPSA) is 75.7 Å². The maximum Gasteiger partial charge on any atom is 0.310 e. The van der Waals surface area contributed by atoms with Gasteiger partial charge in [-0.15, -0.1) is 0 Å². The van der Waals surface area contributed by atoms with Crippen LogP contribution < -0.4 is 5.32 Å². The Hall–Kier alpha value is -2.37. The first-order chi connectivity index (χ1) is 11.6. The van der Waals surface area contributed by atoms with E-state index < -0.39 is 5.92 Å². The van der Waals surface area contributed by atoms with E-state index in [1.165, 1.54) is 0 Å². The van der Waals surface area contributed by atoms with Gasteiger partial charge in [-0.3, -0.25) is 14.4 Å². The van der Waals surface area contributed by atoms with E-state index >= 15 is 0 Å². The number of likely N-dealkylation sites (tertiary alicyclic amines) is 1. The molecule has 0 saturated carbocycles.